The molecule has 1 aromatic carbocycles. The third-order valence-electron chi connectivity index (χ3n) is 4.31. The van der Waals surface area contributed by atoms with Crippen molar-refractivity contribution in [2.45, 2.75) is 38.7 Å². The predicted molar refractivity (Wildman–Crippen MR) is 102 cm³/mol. The molecule has 0 radical (unpaired) electrons. The number of carbonyl (C=O) groups is 1. The molecule has 2 aromatic rings. The van der Waals surface area contributed by atoms with Gasteiger partial charge in [-0.05, 0) is 43.5 Å². The Balaban J connectivity index is 2.12. The van der Waals surface area contributed by atoms with Gasteiger partial charge in [-0.3, -0.25) is 4.79 Å². The second-order valence-electron chi connectivity index (χ2n) is 6.28. The van der Waals surface area contributed by atoms with Crippen molar-refractivity contribution in [3.8, 4) is 0 Å². The fourth-order valence-corrected chi connectivity index (χ4v) is 2.97. The minimum Gasteiger partial charge on any atom is -0.385 e. The lowest BCUT2D eigenvalue weighted by atomic mass is 10.1. The summed E-state index contributed by atoms with van der Waals surface area (Å²) in [6, 6.07) is 12.5. The zero-order chi connectivity index (χ0) is 18.2. The molecule has 0 fully saturated rings. The molecule has 0 aliphatic rings. The molecule has 0 saturated heterocycles. The molecule has 0 bridgehead atoms. The lowest BCUT2D eigenvalue weighted by Crippen LogP contribution is -2.37. The van der Waals surface area contributed by atoms with E-state index in [9.17, 15) is 4.79 Å². The van der Waals surface area contributed by atoms with E-state index in [0.29, 0.717) is 19.7 Å². The smallest absolute Gasteiger partial charge is 0.240 e. The summed E-state index contributed by atoms with van der Waals surface area (Å²) >= 11 is 6.04. The van der Waals surface area contributed by atoms with Crippen LogP contribution in [0.2, 0.25) is 0 Å². The summed E-state index contributed by atoms with van der Waals surface area (Å²) < 4.78 is 7.30. The second kappa shape index (κ2) is 9.64. The summed E-state index contributed by atoms with van der Waals surface area (Å²) in [5.41, 5.74) is 3.65. The Morgan fingerprint density at radius 3 is 2.72 bits per heavy atom. The van der Waals surface area contributed by atoms with Gasteiger partial charge in [-0.15, -0.1) is 11.6 Å². The normalized spacial score (nSPS) is 12.2. The van der Waals surface area contributed by atoms with Gasteiger partial charge in [0.15, 0.2) is 0 Å². The predicted octanol–water partition coefficient (Wildman–Crippen LogP) is 3.84. The van der Waals surface area contributed by atoms with Crippen molar-refractivity contribution >= 4 is 17.5 Å². The van der Waals surface area contributed by atoms with Crippen molar-refractivity contribution in [2.75, 3.05) is 20.3 Å². The number of benzene rings is 1. The lowest BCUT2D eigenvalue weighted by molar-refractivity contribution is -0.131. The van der Waals surface area contributed by atoms with Crippen LogP contribution >= 0.6 is 11.6 Å². The highest BCUT2D eigenvalue weighted by Gasteiger charge is 2.19. The van der Waals surface area contributed by atoms with Gasteiger partial charge in [0.1, 0.15) is 5.38 Å². The molecule has 4 nitrogen and oxygen atoms in total. The van der Waals surface area contributed by atoms with Crippen LogP contribution < -0.4 is 0 Å². The Hall–Kier alpha value is -1.78. The van der Waals surface area contributed by atoms with E-state index in [1.807, 2.05) is 17.0 Å². The number of halogens is 1. The maximum atomic E-state index is 12.4. The van der Waals surface area contributed by atoms with Crippen LogP contribution in [0.4, 0.5) is 0 Å². The molecule has 5 heteroatoms. The van der Waals surface area contributed by atoms with Crippen molar-refractivity contribution in [1.82, 2.24) is 9.47 Å². The van der Waals surface area contributed by atoms with E-state index in [4.69, 9.17) is 16.3 Å². The first-order chi connectivity index (χ1) is 12.0. The molecule has 1 unspecified atom stereocenters. The van der Waals surface area contributed by atoms with Crippen LogP contribution in [0, 0.1) is 6.92 Å². The third-order valence-corrected chi connectivity index (χ3v) is 4.49. The molecule has 0 spiro atoms. The summed E-state index contributed by atoms with van der Waals surface area (Å²) in [7, 11) is 1.67. The minimum absolute atomic E-state index is 0.0404. The zero-order valence-electron chi connectivity index (χ0n) is 15.2. The number of aromatic nitrogens is 1. The van der Waals surface area contributed by atoms with Crippen molar-refractivity contribution in [2.24, 2.45) is 0 Å². The van der Waals surface area contributed by atoms with E-state index in [-0.39, 0.29) is 5.91 Å². The molecule has 1 heterocycles. The molecule has 1 amide bonds. The van der Waals surface area contributed by atoms with E-state index in [1.54, 1.807) is 14.0 Å². The number of aryl methyl sites for hydroxylation is 1. The number of amides is 1. The van der Waals surface area contributed by atoms with Gasteiger partial charge < -0.3 is 14.2 Å². The van der Waals surface area contributed by atoms with Crippen LogP contribution in [-0.2, 0) is 22.6 Å². The van der Waals surface area contributed by atoms with Crippen LogP contribution in [0.1, 0.15) is 30.2 Å². The standard InChI is InChI=1S/C20H27ClN2O2/c1-16-8-4-5-9-18(16)14-22-11-6-10-19(22)15-23(12-7-13-25-3)20(24)17(2)21/h4-6,8-11,17H,7,12-15H2,1-3H3. The van der Waals surface area contributed by atoms with E-state index < -0.39 is 5.38 Å². The highest BCUT2D eigenvalue weighted by molar-refractivity contribution is 6.30. The van der Waals surface area contributed by atoms with Crippen LogP contribution in [0.5, 0.6) is 0 Å². The van der Waals surface area contributed by atoms with E-state index >= 15 is 0 Å². The van der Waals surface area contributed by atoms with Gasteiger partial charge in [-0.2, -0.15) is 0 Å². The zero-order valence-corrected chi connectivity index (χ0v) is 16.0. The van der Waals surface area contributed by atoms with Crippen LogP contribution in [0.25, 0.3) is 0 Å². The Morgan fingerprint density at radius 2 is 2.04 bits per heavy atom. The van der Waals surface area contributed by atoms with Crippen molar-refractivity contribution in [1.29, 1.82) is 0 Å². The van der Waals surface area contributed by atoms with Gasteiger partial charge in [-0.25, -0.2) is 0 Å². The molecule has 2 rings (SSSR count). The molecule has 1 aromatic heterocycles. The second-order valence-corrected chi connectivity index (χ2v) is 6.93. The number of nitrogens with zero attached hydrogens (tertiary/aromatic N) is 2. The highest BCUT2D eigenvalue weighted by atomic mass is 35.5. The van der Waals surface area contributed by atoms with E-state index in [2.05, 4.69) is 42.0 Å². The van der Waals surface area contributed by atoms with E-state index in [1.165, 1.54) is 11.1 Å². The summed E-state index contributed by atoms with van der Waals surface area (Å²) in [5, 5.41) is -0.526. The number of methoxy groups -OCH3 is 1. The highest BCUT2D eigenvalue weighted by Crippen LogP contribution is 2.15. The summed E-state index contributed by atoms with van der Waals surface area (Å²) in [4.78, 5) is 14.3. The third kappa shape index (κ3) is 5.62. The first kappa shape index (κ1) is 19.5. The molecule has 0 aliphatic heterocycles. The van der Waals surface area contributed by atoms with Crippen molar-refractivity contribution in [3.63, 3.8) is 0 Å². The minimum atomic E-state index is -0.526. The molecule has 0 aliphatic carbocycles. The van der Waals surface area contributed by atoms with Crippen LogP contribution in [-0.4, -0.2) is 41.0 Å². The van der Waals surface area contributed by atoms with Crippen LogP contribution in [0.15, 0.2) is 42.6 Å². The molecule has 1 atom stereocenters. The first-order valence-corrected chi connectivity index (χ1v) is 9.07. The monoisotopic (exact) mass is 362 g/mol. The quantitative estimate of drug-likeness (QED) is 0.501. The topological polar surface area (TPSA) is 34.5 Å². The van der Waals surface area contributed by atoms with Crippen molar-refractivity contribution < 1.29 is 9.53 Å². The van der Waals surface area contributed by atoms with E-state index in [0.717, 1.165) is 18.7 Å². The number of hydrogen-bond donors (Lipinski definition) is 0. The number of ether oxygens (including phenoxy) is 1. The lowest BCUT2D eigenvalue weighted by Gasteiger charge is -2.25. The number of hydrogen-bond acceptors (Lipinski definition) is 2. The molecule has 136 valence electrons. The number of alkyl halides is 1. The Labute approximate surface area is 155 Å². The number of rotatable bonds is 9. The summed E-state index contributed by atoms with van der Waals surface area (Å²) in [6.07, 6.45) is 2.86. The summed E-state index contributed by atoms with van der Waals surface area (Å²) in [6.45, 7) is 6.46. The van der Waals surface area contributed by atoms with Gasteiger partial charge in [0.25, 0.3) is 0 Å². The van der Waals surface area contributed by atoms with Crippen molar-refractivity contribution in [3.05, 3.63) is 59.4 Å². The molecular formula is C20H27ClN2O2. The average Bonchev–Trinajstić information content (AvgIpc) is 3.02. The average molecular weight is 363 g/mol. The Kier molecular flexibility index (Phi) is 7.53. The van der Waals surface area contributed by atoms with Gasteiger partial charge in [0, 0.05) is 38.7 Å². The maximum absolute atomic E-state index is 12.4. The maximum Gasteiger partial charge on any atom is 0.240 e. The number of carbonyl (C=O) groups excluding carboxylic acids is 1. The van der Waals surface area contributed by atoms with Gasteiger partial charge in [0.2, 0.25) is 5.91 Å². The van der Waals surface area contributed by atoms with Gasteiger partial charge in [0.05, 0.1) is 6.54 Å². The SMILES string of the molecule is COCCCN(Cc1cccn1Cc1ccccc1C)C(=O)C(C)Cl. The van der Waals surface area contributed by atoms with Gasteiger partial charge >= 0.3 is 0 Å². The molecule has 25 heavy (non-hydrogen) atoms. The fraction of sp³-hybridized carbons (Fsp3) is 0.450. The Morgan fingerprint density at radius 1 is 1.28 bits per heavy atom. The molecule has 0 N–H and O–H groups in total. The molecule has 0 saturated carbocycles. The fourth-order valence-electron chi connectivity index (χ4n) is 2.83. The largest absolute Gasteiger partial charge is 0.385 e. The Bertz CT molecular complexity index is 682. The van der Waals surface area contributed by atoms with Gasteiger partial charge in [-0.1, -0.05) is 24.3 Å². The summed E-state index contributed by atoms with van der Waals surface area (Å²) in [5.74, 6) is -0.0404. The molecular weight excluding hydrogens is 336 g/mol. The first-order valence-electron chi connectivity index (χ1n) is 8.63. The van der Waals surface area contributed by atoms with Crippen LogP contribution in [0.3, 0.4) is 0 Å².